The molecular formula is C60H37N3Se. The summed E-state index contributed by atoms with van der Waals surface area (Å²) in [6.07, 6.45) is 0. The van der Waals surface area contributed by atoms with Gasteiger partial charge in [0.1, 0.15) is 0 Å². The molecule has 0 atom stereocenters. The number of aromatic nitrogens is 3. The summed E-state index contributed by atoms with van der Waals surface area (Å²) in [7, 11) is 0. The van der Waals surface area contributed by atoms with Gasteiger partial charge in [0.2, 0.25) is 0 Å². The van der Waals surface area contributed by atoms with Crippen molar-refractivity contribution in [3.63, 3.8) is 0 Å². The van der Waals surface area contributed by atoms with Crippen molar-refractivity contribution in [1.29, 1.82) is 0 Å². The fourth-order valence-corrected chi connectivity index (χ4v) is 13.0. The van der Waals surface area contributed by atoms with Crippen molar-refractivity contribution in [1.82, 2.24) is 13.7 Å². The average Bonchev–Trinajstić information content (AvgIpc) is 4.10. The van der Waals surface area contributed by atoms with E-state index in [1.165, 1.54) is 113 Å². The summed E-state index contributed by atoms with van der Waals surface area (Å²) in [5.41, 5.74) is 15.7. The summed E-state index contributed by atoms with van der Waals surface area (Å²) in [6, 6.07) is 83.2. The first kappa shape index (κ1) is 35.7. The molecule has 4 heterocycles. The molecule has 0 N–H and O–H groups in total. The second-order valence-electron chi connectivity index (χ2n) is 16.9. The monoisotopic (exact) mass is 879 g/mol. The molecule has 0 aliphatic rings. The van der Waals surface area contributed by atoms with Crippen LogP contribution in [-0.4, -0.2) is 28.2 Å². The zero-order valence-corrected chi connectivity index (χ0v) is 36.3. The van der Waals surface area contributed by atoms with E-state index >= 15 is 0 Å². The summed E-state index contributed by atoms with van der Waals surface area (Å²) in [4.78, 5) is 0. The topological polar surface area (TPSA) is 14.8 Å². The summed E-state index contributed by atoms with van der Waals surface area (Å²) in [6.45, 7) is 0. The van der Waals surface area contributed by atoms with E-state index in [1.807, 2.05) is 0 Å². The van der Waals surface area contributed by atoms with Crippen LogP contribution in [0, 0.1) is 0 Å². The Morgan fingerprint density at radius 3 is 1.33 bits per heavy atom. The number of hydrogen-bond donors (Lipinski definition) is 0. The average molecular weight is 879 g/mol. The molecule has 0 aliphatic heterocycles. The number of rotatable bonds is 5. The molecule has 3 nitrogen and oxygen atoms in total. The summed E-state index contributed by atoms with van der Waals surface area (Å²) >= 11 is 0.217. The van der Waals surface area contributed by atoms with Crippen LogP contribution in [0.25, 0.3) is 124 Å². The first-order valence-corrected chi connectivity index (χ1v) is 23.6. The minimum atomic E-state index is 0.217. The van der Waals surface area contributed by atoms with E-state index in [1.54, 1.807) is 0 Å². The molecule has 0 bridgehead atoms. The molecule has 0 aliphatic carbocycles. The number of benzene rings is 10. The molecule has 0 unspecified atom stereocenters. The Hall–Kier alpha value is -7.88. The molecule has 64 heavy (non-hydrogen) atoms. The van der Waals surface area contributed by atoms with Crippen LogP contribution >= 0.6 is 0 Å². The third-order valence-electron chi connectivity index (χ3n) is 13.4. The number of hydrogen-bond acceptors (Lipinski definition) is 0. The predicted octanol–water partition coefficient (Wildman–Crippen LogP) is 15.7. The minimum absolute atomic E-state index is 0.217. The molecule has 0 saturated carbocycles. The van der Waals surface area contributed by atoms with Crippen LogP contribution in [0.5, 0.6) is 0 Å². The van der Waals surface area contributed by atoms with Crippen LogP contribution in [0.4, 0.5) is 0 Å². The van der Waals surface area contributed by atoms with E-state index in [2.05, 4.69) is 238 Å². The van der Waals surface area contributed by atoms with E-state index < -0.39 is 0 Å². The molecule has 298 valence electrons. The van der Waals surface area contributed by atoms with Crippen LogP contribution < -0.4 is 0 Å². The zero-order valence-electron chi connectivity index (χ0n) is 34.6. The van der Waals surface area contributed by atoms with Crippen molar-refractivity contribution in [3.8, 4) is 39.3 Å². The fourth-order valence-electron chi connectivity index (χ4n) is 10.7. The Morgan fingerprint density at radius 2 is 0.719 bits per heavy atom. The van der Waals surface area contributed by atoms with Crippen molar-refractivity contribution in [2.45, 2.75) is 0 Å². The molecule has 0 radical (unpaired) electrons. The maximum absolute atomic E-state index is 2.57. The van der Waals surface area contributed by atoms with Gasteiger partial charge in [0.05, 0.1) is 11.0 Å². The predicted molar refractivity (Wildman–Crippen MR) is 272 cm³/mol. The normalized spacial score (nSPS) is 12.1. The summed E-state index contributed by atoms with van der Waals surface area (Å²) in [5.74, 6) is 0. The van der Waals surface area contributed by atoms with Gasteiger partial charge in [-0.05, 0) is 12.1 Å². The van der Waals surface area contributed by atoms with E-state index in [9.17, 15) is 0 Å². The van der Waals surface area contributed by atoms with Gasteiger partial charge in [-0.2, -0.15) is 0 Å². The van der Waals surface area contributed by atoms with Crippen LogP contribution in [0.3, 0.4) is 0 Å². The van der Waals surface area contributed by atoms with Gasteiger partial charge < -0.3 is 4.57 Å². The molecule has 0 amide bonds. The summed E-state index contributed by atoms with van der Waals surface area (Å²) < 4.78 is 10.3. The second-order valence-corrected chi connectivity index (χ2v) is 19.1. The summed E-state index contributed by atoms with van der Waals surface area (Å²) in [5, 5.41) is 10.2. The Bertz CT molecular complexity index is 4140. The molecule has 0 fully saturated rings. The van der Waals surface area contributed by atoms with Crippen LogP contribution in [0.2, 0.25) is 0 Å². The van der Waals surface area contributed by atoms with E-state index in [-0.39, 0.29) is 14.5 Å². The van der Waals surface area contributed by atoms with Crippen molar-refractivity contribution in [2.24, 2.45) is 0 Å². The van der Waals surface area contributed by atoms with Gasteiger partial charge in [-0.3, -0.25) is 0 Å². The van der Waals surface area contributed by atoms with Gasteiger partial charge >= 0.3 is 290 Å². The van der Waals surface area contributed by atoms with Gasteiger partial charge in [-0.15, -0.1) is 0 Å². The van der Waals surface area contributed by atoms with Crippen molar-refractivity contribution >= 4 is 99.2 Å². The van der Waals surface area contributed by atoms with Crippen LogP contribution in [0.1, 0.15) is 0 Å². The molecule has 0 saturated heterocycles. The Balaban J connectivity index is 1.02. The molecule has 14 aromatic rings. The molecule has 10 aromatic carbocycles. The zero-order chi connectivity index (χ0) is 41.9. The number of nitrogens with zero attached hydrogens (tertiary/aromatic N) is 3. The van der Waals surface area contributed by atoms with Gasteiger partial charge in [0.25, 0.3) is 0 Å². The third-order valence-corrected chi connectivity index (χ3v) is 15.8. The van der Waals surface area contributed by atoms with Gasteiger partial charge in [0.15, 0.2) is 0 Å². The first-order chi connectivity index (χ1) is 31.8. The fraction of sp³-hybridized carbons (Fsp3) is 0. The first-order valence-electron chi connectivity index (χ1n) is 21.9. The van der Waals surface area contributed by atoms with E-state index in [4.69, 9.17) is 0 Å². The van der Waals surface area contributed by atoms with Crippen LogP contribution in [-0.2, 0) is 0 Å². The SMILES string of the molecule is c1ccc(-c2cccc(-c3ccc4[se]c5ccccc5c4c3-n3c4ccccc4c4cc(-n5c6ccccc6c6cc(-n7c8ccccc8c8ccccc87)ccc65)ccc43)c2)cc1. The van der Waals surface area contributed by atoms with Crippen molar-refractivity contribution < 1.29 is 0 Å². The van der Waals surface area contributed by atoms with Gasteiger partial charge in [-0.25, -0.2) is 0 Å². The Morgan fingerprint density at radius 1 is 0.266 bits per heavy atom. The standard InChI is InChI=1S/C60H37N3Se/c1-2-15-38(16-3-1)39-17-14-18-40(35-39)43-31-34-58-59(48-23-8-13-28-57(48)64-58)60(43)63-54-27-12-7-22-47(54)50-37-42(30-33-56(50)63)62-53-26-11-6-21-46(53)49-36-41(29-32-55(49)62)61-51-24-9-4-19-44(51)45-20-5-10-25-52(45)61/h1-37H. The quantitative estimate of drug-likeness (QED) is 0.153. The van der Waals surface area contributed by atoms with Gasteiger partial charge in [-0.1, -0.05) is 42.5 Å². The third kappa shape index (κ3) is 5.15. The van der Waals surface area contributed by atoms with Crippen molar-refractivity contribution in [3.05, 3.63) is 224 Å². The molecule has 14 rings (SSSR count). The molecule has 4 heteroatoms. The Labute approximate surface area is 374 Å². The number of fused-ring (bicyclic) bond motifs is 12. The van der Waals surface area contributed by atoms with Crippen LogP contribution in [0.15, 0.2) is 224 Å². The maximum atomic E-state index is 2.57. The molecular weight excluding hydrogens is 842 g/mol. The van der Waals surface area contributed by atoms with E-state index in [0.29, 0.717) is 0 Å². The second kappa shape index (κ2) is 13.8. The Kier molecular flexibility index (Phi) is 7.70. The van der Waals surface area contributed by atoms with Crippen molar-refractivity contribution in [2.75, 3.05) is 0 Å². The molecule has 0 spiro atoms. The van der Waals surface area contributed by atoms with E-state index in [0.717, 1.165) is 11.4 Å². The number of para-hydroxylation sites is 4. The molecule has 4 aromatic heterocycles. The van der Waals surface area contributed by atoms with Gasteiger partial charge in [0, 0.05) is 16.5 Å².